The van der Waals surface area contributed by atoms with E-state index in [9.17, 15) is 9.59 Å². The number of aromatic nitrogens is 2. The second-order valence-corrected chi connectivity index (χ2v) is 6.53. The third-order valence-corrected chi connectivity index (χ3v) is 4.71. The first-order chi connectivity index (χ1) is 13.5. The van der Waals surface area contributed by atoms with Crippen molar-refractivity contribution >= 4 is 22.6 Å². The average Bonchev–Trinajstić information content (AvgIpc) is 3.16. The second kappa shape index (κ2) is 7.09. The lowest BCUT2D eigenvalue weighted by molar-refractivity contribution is 0.0960. The predicted octanol–water partition coefficient (Wildman–Crippen LogP) is 3.21. The van der Waals surface area contributed by atoms with Crippen LogP contribution in [0.4, 0.5) is 0 Å². The van der Waals surface area contributed by atoms with Crippen molar-refractivity contribution in [3.63, 3.8) is 0 Å². The molecular weight excluding hydrogens is 352 g/mol. The molecule has 3 aromatic carbocycles. The van der Waals surface area contributed by atoms with Gasteiger partial charge in [-0.1, -0.05) is 48.5 Å². The highest BCUT2D eigenvalue weighted by atomic mass is 16.1. The zero-order valence-electron chi connectivity index (χ0n) is 14.9. The lowest BCUT2D eigenvalue weighted by atomic mass is 9.95. The van der Waals surface area contributed by atoms with Crippen LogP contribution < -0.4 is 11.5 Å². The maximum Gasteiger partial charge on any atom is 0.248 e. The van der Waals surface area contributed by atoms with Crippen LogP contribution in [0.3, 0.4) is 0 Å². The van der Waals surface area contributed by atoms with Crippen LogP contribution in [-0.2, 0) is 0 Å². The fourth-order valence-corrected chi connectivity index (χ4v) is 3.20. The zero-order chi connectivity index (χ0) is 19.7. The highest BCUT2D eigenvalue weighted by Gasteiger charge is 2.19. The Kier molecular flexibility index (Phi) is 4.47. The Balaban J connectivity index is 1.73. The van der Waals surface area contributed by atoms with E-state index in [0.29, 0.717) is 22.4 Å². The molecule has 28 heavy (non-hydrogen) atoms. The number of rotatable bonds is 5. The number of amides is 1. The summed E-state index contributed by atoms with van der Waals surface area (Å²) < 4.78 is 0. The molecule has 6 nitrogen and oxygen atoms in total. The summed E-state index contributed by atoms with van der Waals surface area (Å²) in [5.74, 6) is -0.654. The number of carbonyl (C=O) groups is 2. The van der Waals surface area contributed by atoms with Crippen molar-refractivity contribution in [3.8, 4) is 11.3 Å². The topological polar surface area (TPSA) is 115 Å². The van der Waals surface area contributed by atoms with Crippen LogP contribution in [-0.4, -0.2) is 21.9 Å². The number of hydrogen-bond donors (Lipinski definition) is 3. The Morgan fingerprint density at radius 3 is 2.43 bits per heavy atom. The molecule has 4 rings (SSSR count). The van der Waals surface area contributed by atoms with E-state index >= 15 is 0 Å². The second-order valence-electron chi connectivity index (χ2n) is 6.53. The summed E-state index contributed by atoms with van der Waals surface area (Å²) in [5.41, 5.74) is 15.5. The highest BCUT2D eigenvalue weighted by Crippen LogP contribution is 2.29. The van der Waals surface area contributed by atoms with Gasteiger partial charge in [0.25, 0.3) is 0 Å². The number of nitrogens with zero attached hydrogens (tertiary/aromatic N) is 1. The van der Waals surface area contributed by atoms with Crippen molar-refractivity contribution in [1.29, 1.82) is 0 Å². The van der Waals surface area contributed by atoms with Gasteiger partial charge >= 0.3 is 0 Å². The van der Waals surface area contributed by atoms with E-state index in [4.69, 9.17) is 11.5 Å². The third kappa shape index (κ3) is 3.17. The third-order valence-electron chi connectivity index (χ3n) is 4.71. The number of nitrogens with one attached hydrogen (secondary N) is 1. The van der Waals surface area contributed by atoms with Gasteiger partial charge in [-0.3, -0.25) is 14.7 Å². The Hall–Kier alpha value is -3.77. The number of aromatic amines is 1. The molecule has 4 aromatic rings. The first-order valence-electron chi connectivity index (χ1n) is 8.77. The van der Waals surface area contributed by atoms with E-state index in [2.05, 4.69) is 10.2 Å². The van der Waals surface area contributed by atoms with Crippen LogP contribution >= 0.6 is 0 Å². The molecule has 0 spiro atoms. The van der Waals surface area contributed by atoms with E-state index in [1.807, 2.05) is 42.5 Å². The summed E-state index contributed by atoms with van der Waals surface area (Å²) in [6, 6.07) is 20.7. The van der Waals surface area contributed by atoms with Gasteiger partial charge in [0.1, 0.15) is 0 Å². The molecule has 0 aliphatic carbocycles. The Morgan fingerprint density at radius 1 is 0.893 bits per heavy atom. The number of primary amides is 1. The maximum atomic E-state index is 12.7. The normalized spacial score (nSPS) is 12.0. The van der Waals surface area contributed by atoms with Crippen molar-refractivity contribution in [2.75, 3.05) is 0 Å². The van der Waals surface area contributed by atoms with Gasteiger partial charge in [-0.2, -0.15) is 5.10 Å². The molecule has 1 aromatic heterocycles. The number of Topliss-reactive ketones (excluding diaryl/α,β-unsaturated/α-hetero) is 1. The molecule has 6 heteroatoms. The minimum absolute atomic E-state index is 0.152. The highest BCUT2D eigenvalue weighted by molar-refractivity contribution is 6.02. The van der Waals surface area contributed by atoms with Crippen LogP contribution in [0.5, 0.6) is 0 Å². The fourth-order valence-electron chi connectivity index (χ4n) is 3.20. The van der Waals surface area contributed by atoms with E-state index < -0.39 is 11.9 Å². The number of carbonyl (C=O) groups excluding carboxylic acids is 2. The SMILES string of the molecule is NC(=O)c1ccc2[nH]nc(-c3cccc(C(N)C(=O)c4ccccc4)c3)c2c1. The largest absolute Gasteiger partial charge is 0.366 e. The minimum atomic E-state index is -0.784. The number of fused-ring (bicyclic) bond motifs is 1. The zero-order valence-corrected chi connectivity index (χ0v) is 14.9. The van der Waals surface area contributed by atoms with E-state index in [-0.39, 0.29) is 5.78 Å². The van der Waals surface area contributed by atoms with E-state index in [0.717, 1.165) is 16.5 Å². The lowest BCUT2D eigenvalue weighted by Crippen LogP contribution is -2.21. The smallest absolute Gasteiger partial charge is 0.248 e. The number of nitrogens with two attached hydrogens (primary N) is 2. The minimum Gasteiger partial charge on any atom is -0.366 e. The summed E-state index contributed by atoms with van der Waals surface area (Å²) >= 11 is 0. The van der Waals surface area contributed by atoms with E-state index in [1.54, 1.807) is 30.3 Å². The van der Waals surface area contributed by atoms with Crippen molar-refractivity contribution < 1.29 is 9.59 Å². The van der Waals surface area contributed by atoms with Crippen LogP contribution in [0.1, 0.15) is 32.3 Å². The molecule has 0 saturated heterocycles. The molecule has 0 aliphatic heterocycles. The number of benzene rings is 3. The quantitative estimate of drug-likeness (QED) is 0.468. The molecule has 0 bridgehead atoms. The molecule has 0 aliphatic rings. The van der Waals surface area contributed by atoms with Crippen molar-refractivity contribution in [2.24, 2.45) is 11.5 Å². The average molecular weight is 370 g/mol. The van der Waals surface area contributed by atoms with Gasteiger partial charge < -0.3 is 11.5 Å². The first kappa shape index (κ1) is 17.6. The standard InChI is InChI=1S/C22H18N4O2/c23-19(21(27)13-5-2-1-3-6-13)14-7-4-8-15(11-14)20-17-12-16(22(24)28)9-10-18(17)25-26-20/h1-12,19H,23H2,(H2,24,28)(H,25,26). The molecule has 5 N–H and O–H groups in total. The van der Waals surface area contributed by atoms with Gasteiger partial charge in [0, 0.05) is 22.1 Å². The lowest BCUT2D eigenvalue weighted by Gasteiger charge is -2.12. The molecule has 1 amide bonds. The fraction of sp³-hybridized carbons (Fsp3) is 0.0455. The molecule has 0 fully saturated rings. The Bertz CT molecular complexity index is 1180. The van der Waals surface area contributed by atoms with Gasteiger partial charge in [0.05, 0.1) is 17.3 Å². The number of hydrogen-bond acceptors (Lipinski definition) is 4. The van der Waals surface area contributed by atoms with Gasteiger partial charge in [-0.05, 0) is 29.8 Å². The van der Waals surface area contributed by atoms with Crippen LogP contribution in [0.25, 0.3) is 22.2 Å². The van der Waals surface area contributed by atoms with Gasteiger partial charge in [-0.25, -0.2) is 0 Å². The molecular formula is C22H18N4O2. The van der Waals surface area contributed by atoms with Gasteiger partial charge in [-0.15, -0.1) is 0 Å². The summed E-state index contributed by atoms with van der Waals surface area (Å²) in [6.45, 7) is 0. The predicted molar refractivity (Wildman–Crippen MR) is 108 cm³/mol. The number of ketones is 1. The molecule has 1 atom stereocenters. The molecule has 1 heterocycles. The summed E-state index contributed by atoms with van der Waals surface area (Å²) in [4.78, 5) is 24.2. The summed E-state index contributed by atoms with van der Waals surface area (Å²) in [6.07, 6.45) is 0. The number of H-pyrrole nitrogens is 1. The Labute approximate surface area is 161 Å². The molecule has 1 unspecified atom stereocenters. The molecule has 0 radical (unpaired) electrons. The van der Waals surface area contributed by atoms with Crippen molar-refractivity contribution in [2.45, 2.75) is 6.04 Å². The van der Waals surface area contributed by atoms with Gasteiger partial charge in [0.2, 0.25) is 5.91 Å². The van der Waals surface area contributed by atoms with Crippen LogP contribution in [0.2, 0.25) is 0 Å². The van der Waals surface area contributed by atoms with Crippen LogP contribution in [0.15, 0.2) is 72.8 Å². The van der Waals surface area contributed by atoms with E-state index in [1.165, 1.54) is 0 Å². The molecule has 0 saturated carbocycles. The Morgan fingerprint density at radius 2 is 1.68 bits per heavy atom. The van der Waals surface area contributed by atoms with Crippen molar-refractivity contribution in [1.82, 2.24) is 10.2 Å². The molecule has 138 valence electrons. The van der Waals surface area contributed by atoms with Gasteiger partial charge in [0.15, 0.2) is 5.78 Å². The first-order valence-corrected chi connectivity index (χ1v) is 8.77. The maximum absolute atomic E-state index is 12.7. The monoisotopic (exact) mass is 370 g/mol. The van der Waals surface area contributed by atoms with Crippen molar-refractivity contribution in [3.05, 3.63) is 89.5 Å². The van der Waals surface area contributed by atoms with Crippen LogP contribution in [0, 0.1) is 0 Å². The summed E-state index contributed by atoms with van der Waals surface area (Å²) in [5, 5.41) is 8.09. The summed E-state index contributed by atoms with van der Waals surface area (Å²) in [7, 11) is 0.